The van der Waals surface area contributed by atoms with Crippen LogP contribution in [-0.4, -0.2) is 5.78 Å². The molecule has 0 saturated heterocycles. The molecule has 0 spiro atoms. The first-order valence-corrected chi connectivity index (χ1v) is 9.46. The number of hydrogen-bond donors (Lipinski definition) is 0. The average Bonchev–Trinajstić information content (AvgIpc) is 2.72. The van der Waals surface area contributed by atoms with Crippen LogP contribution in [-0.2, 0) is 4.79 Å². The van der Waals surface area contributed by atoms with E-state index in [2.05, 4.69) is 20.8 Å². The van der Waals surface area contributed by atoms with Crippen molar-refractivity contribution < 1.29 is 4.79 Å². The van der Waals surface area contributed by atoms with Crippen molar-refractivity contribution in [1.82, 2.24) is 0 Å². The van der Waals surface area contributed by atoms with Crippen LogP contribution in [0.4, 0.5) is 0 Å². The van der Waals surface area contributed by atoms with Gasteiger partial charge in [-0.1, -0.05) is 27.2 Å². The maximum atomic E-state index is 12.4. The van der Waals surface area contributed by atoms with Crippen molar-refractivity contribution in [3.8, 4) is 0 Å². The van der Waals surface area contributed by atoms with E-state index >= 15 is 0 Å². The van der Waals surface area contributed by atoms with Gasteiger partial charge >= 0.3 is 0 Å². The minimum absolute atomic E-state index is 0.0663. The van der Waals surface area contributed by atoms with Gasteiger partial charge in [0.15, 0.2) is 0 Å². The lowest BCUT2D eigenvalue weighted by Gasteiger charge is -2.57. The first kappa shape index (κ1) is 14.3. The maximum Gasteiger partial charge on any atom is 0.139 e. The molecule has 4 aliphatic rings. The summed E-state index contributed by atoms with van der Waals surface area (Å²) >= 11 is 0. The Morgan fingerprint density at radius 3 is 2.67 bits per heavy atom. The van der Waals surface area contributed by atoms with E-state index in [1.54, 1.807) is 0 Å². The molecule has 0 aromatic rings. The zero-order valence-electron chi connectivity index (χ0n) is 14.2. The molecule has 4 fully saturated rings. The fraction of sp³-hybridized carbons (Fsp3) is 0.950. The third-order valence-electron chi connectivity index (χ3n) is 8.39. The van der Waals surface area contributed by atoms with Gasteiger partial charge < -0.3 is 0 Å². The number of fused-ring (bicyclic) bond motifs is 4. The quantitative estimate of drug-likeness (QED) is 0.596. The van der Waals surface area contributed by atoms with Crippen molar-refractivity contribution in [1.29, 1.82) is 0 Å². The van der Waals surface area contributed by atoms with Gasteiger partial charge in [0.05, 0.1) is 0 Å². The van der Waals surface area contributed by atoms with E-state index < -0.39 is 0 Å². The molecule has 4 rings (SSSR count). The van der Waals surface area contributed by atoms with Crippen molar-refractivity contribution in [3.63, 3.8) is 0 Å². The molecule has 7 atom stereocenters. The summed E-state index contributed by atoms with van der Waals surface area (Å²) in [6.07, 6.45) is 11.9. The highest BCUT2D eigenvalue weighted by atomic mass is 16.1. The molecule has 0 bridgehead atoms. The van der Waals surface area contributed by atoms with Crippen LogP contribution in [0.2, 0.25) is 0 Å². The number of rotatable bonds is 0. The van der Waals surface area contributed by atoms with E-state index in [0.717, 1.165) is 36.0 Å². The predicted octanol–water partition coefficient (Wildman–Crippen LogP) is 5.23. The molecule has 21 heavy (non-hydrogen) atoms. The van der Waals surface area contributed by atoms with Crippen LogP contribution in [0.3, 0.4) is 0 Å². The zero-order chi connectivity index (χ0) is 14.8. The SMILES string of the molecule is CC1CC[C@@H]2C[C@H]3[C@@H](CC[C@@]4(C)C(=O)CC[C@H]34)CC2(C)C1. The standard InChI is InChI=1S/C20H32O/c1-13-4-5-15-10-16-14(12-19(15,2)11-13)8-9-20(3)17(16)6-7-18(20)21/h13-17H,4-12H2,1-3H3/t13?,14-,15+,16-,17+,19?,20+/m0/s1. The highest BCUT2D eigenvalue weighted by Crippen LogP contribution is 2.63. The van der Waals surface area contributed by atoms with Gasteiger partial charge in [0.25, 0.3) is 0 Å². The van der Waals surface area contributed by atoms with Crippen LogP contribution in [0.15, 0.2) is 0 Å². The number of ketones is 1. The minimum atomic E-state index is 0.0663. The van der Waals surface area contributed by atoms with Crippen LogP contribution < -0.4 is 0 Å². The van der Waals surface area contributed by atoms with E-state index in [1.807, 2.05) is 0 Å². The Labute approximate surface area is 130 Å². The fourth-order valence-corrected chi connectivity index (χ4v) is 7.23. The monoisotopic (exact) mass is 288 g/mol. The molecule has 1 heteroatoms. The van der Waals surface area contributed by atoms with Gasteiger partial charge in [-0.05, 0) is 80.0 Å². The number of Topliss-reactive ketones (excluding diaryl/α,β-unsaturated/α-hetero) is 1. The summed E-state index contributed by atoms with van der Waals surface area (Å²) < 4.78 is 0. The zero-order valence-corrected chi connectivity index (χ0v) is 14.2. The van der Waals surface area contributed by atoms with E-state index in [1.165, 1.54) is 51.4 Å². The van der Waals surface area contributed by atoms with E-state index in [0.29, 0.717) is 11.2 Å². The van der Waals surface area contributed by atoms with Crippen LogP contribution in [0.25, 0.3) is 0 Å². The van der Waals surface area contributed by atoms with Crippen LogP contribution >= 0.6 is 0 Å². The number of carbonyl (C=O) groups excluding carboxylic acids is 1. The summed E-state index contributed by atoms with van der Waals surface area (Å²) in [5, 5.41) is 0. The highest BCUT2D eigenvalue weighted by molar-refractivity contribution is 5.87. The lowest BCUT2D eigenvalue weighted by atomic mass is 9.47. The van der Waals surface area contributed by atoms with E-state index in [-0.39, 0.29) is 5.41 Å². The van der Waals surface area contributed by atoms with E-state index in [4.69, 9.17) is 0 Å². The van der Waals surface area contributed by atoms with E-state index in [9.17, 15) is 4.79 Å². The molecule has 0 amide bonds. The summed E-state index contributed by atoms with van der Waals surface area (Å²) in [6.45, 7) is 7.36. The Morgan fingerprint density at radius 2 is 1.86 bits per heavy atom. The van der Waals surface area contributed by atoms with Crippen molar-refractivity contribution in [3.05, 3.63) is 0 Å². The Hall–Kier alpha value is -0.330. The van der Waals surface area contributed by atoms with Gasteiger partial charge in [0.1, 0.15) is 5.78 Å². The minimum Gasteiger partial charge on any atom is -0.299 e. The average molecular weight is 288 g/mol. The second-order valence-electron chi connectivity index (χ2n) is 9.63. The topological polar surface area (TPSA) is 17.1 Å². The molecule has 0 N–H and O–H groups in total. The van der Waals surface area contributed by atoms with Gasteiger partial charge in [-0.2, -0.15) is 0 Å². The fourth-order valence-electron chi connectivity index (χ4n) is 7.23. The molecule has 0 heterocycles. The van der Waals surface area contributed by atoms with Gasteiger partial charge in [-0.25, -0.2) is 0 Å². The van der Waals surface area contributed by atoms with Crippen molar-refractivity contribution in [2.24, 2.45) is 40.4 Å². The van der Waals surface area contributed by atoms with Crippen molar-refractivity contribution in [2.45, 2.75) is 78.6 Å². The first-order chi connectivity index (χ1) is 9.92. The molecular weight excluding hydrogens is 256 g/mol. The molecule has 0 aliphatic heterocycles. The van der Waals surface area contributed by atoms with Crippen LogP contribution in [0.1, 0.15) is 78.6 Å². The summed E-state index contributed by atoms with van der Waals surface area (Å²) in [5.41, 5.74) is 0.687. The molecule has 0 aromatic carbocycles. The molecule has 0 aromatic heterocycles. The largest absolute Gasteiger partial charge is 0.299 e. The first-order valence-electron chi connectivity index (χ1n) is 9.46. The smallest absolute Gasteiger partial charge is 0.139 e. The van der Waals surface area contributed by atoms with Crippen LogP contribution in [0.5, 0.6) is 0 Å². The third kappa shape index (κ3) is 1.98. The number of hydrogen-bond acceptors (Lipinski definition) is 1. The molecule has 0 radical (unpaired) electrons. The second-order valence-corrected chi connectivity index (χ2v) is 9.63. The van der Waals surface area contributed by atoms with Gasteiger partial charge in [0.2, 0.25) is 0 Å². The van der Waals surface area contributed by atoms with Crippen LogP contribution in [0, 0.1) is 40.4 Å². The third-order valence-corrected chi connectivity index (χ3v) is 8.39. The van der Waals surface area contributed by atoms with Gasteiger partial charge in [-0.15, -0.1) is 0 Å². The van der Waals surface area contributed by atoms with Crippen molar-refractivity contribution >= 4 is 5.78 Å². The molecule has 4 aliphatic carbocycles. The van der Waals surface area contributed by atoms with Gasteiger partial charge in [0, 0.05) is 11.8 Å². The highest BCUT2D eigenvalue weighted by Gasteiger charge is 2.57. The molecular formula is C20H32O. The Balaban J connectivity index is 1.60. The molecule has 118 valence electrons. The normalized spacial score (nSPS) is 56.5. The van der Waals surface area contributed by atoms with Crippen molar-refractivity contribution in [2.75, 3.05) is 0 Å². The second kappa shape index (κ2) is 4.59. The summed E-state index contributed by atoms with van der Waals surface area (Å²) in [4.78, 5) is 12.4. The number of carbonyl (C=O) groups is 1. The molecule has 4 saturated carbocycles. The Bertz CT molecular complexity index is 455. The molecule has 1 nitrogen and oxygen atoms in total. The lowest BCUT2D eigenvalue weighted by molar-refractivity contribution is -0.134. The lowest BCUT2D eigenvalue weighted by Crippen LogP contribution is -2.50. The predicted molar refractivity (Wildman–Crippen MR) is 85.9 cm³/mol. The Morgan fingerprint density at radius 1 is 1.05 bits per heavy atom. The summed E-state index contributed by atoms with van der Waals surface area (Å²) in [6, 6.07) is 0. The summed E-state index contributed by atoms with van der Waals surface area (Å²) in [5.74, 6) is 5.02. The maximum absolute atomic E-state index is 12.4. The molecule has 2 unspecified atom stereocenters. The van der Waals surface area contributed by atoms with Gasteiger partial charge in [-0.3, -0.25) is 4.79 Å². The summed E-state index contributed by atoms with van der Waals surface area (Å²) in [7, 11) is 0. The Kier molecular flexibility index (Phi) is 3.12.